The third-order valence-electron chi connectivity index (χ3n) is 3.20. The molecule has 0 aliphatic carbocycles. The summed E-state index contributed by atoms with van der Waals surface area (Å²) in [5.74, 6) is -0.0694. The molecule has 7 heteroatoms. The van der Waals surface area contributed by atoms with Gasteiger partial charge in [0.05, 0.1) is 39.6 Å². The van der Waals surface area contributed by atoms with Gasteiger partial charge in [0.25, 0.3) is 0 Å². The van der Waals surface area contributed by atoms with Gasteiger partial charge in [-0.05, 0) is 5.92 Å². The Hall–Kier alpha value is -1.18. The molecule has 1 fully saturated rings. The molecule has 1 unspecified atom stereocenters. The van der Waals surface area contributed by atoms with Crippen LogP contribution in [0.2, 0.25) is 0 Å². The molecule has 0 bridgehead atoms. The number of amides is 2. The number of hydrogen-bond donors (Lipinski definition) is 1. The van der Waals surface area contributed by atoms with E-state index < -0.39 is 6.04 Å². The summed E-state index contributed by atoms with van der Waals surface area (Å²) in [6, 6.07) is -0.427. The zero-order valence-corrected chi connectivity index (χ0v) is 13.1. The molecule has 1 rings (SSSR count). The average Bonchev–Trinajstić information content (AvgIpc) is 2.44. The van der Waals surface area contributed by atoms with E-state index in [0.717, 1.165) is 0 Å². The Balaban J connectivity index is 2.18. The average molecular weight is 302 g/mol. The lowest BCUT2D eigenvalue weighted by Crippen LogP contribution is -2.60. The van der Waals surface area contributed by atoms with Gasteiger partial charge < -0.3 is 24.4 Å². The normalized spacial score (nSPS) is 19.2. The smallest absolute Gasteiger partial charge is 0.245 e. The molecule has 0 saturated carbocycles. The van der Waals surface area contributed by atoms with Crippen molar-refractivity contribution in [2.75, 3.05) is 53.2 Å². The molecule has 1 aliphatic heterocycles. The SMILES string of the molecule is COCCOCCOCCN1CC(=O)NC(C(C)C)C1=O. The summed E-state index contributed by atoms with van der Waals surface area (Å²) in [5.41, 5.74) is 0. The first-order chi connectivity index (χ1) is 10.1. The number of ether oxygens (including phenoxy) is 3. The molecule has 1 atom stereocenters. The van der Waals surface area contributed by atoms with Crippen LogP contribution in [0.5, 0.6) is 0 Å². The first kappa shape index (κ1) is 17.9. The van der Waals surface area contributed by atoms with Crippen molar-refractivity contribution in [3.05, 3.63) is 0 Å². The summed E-state index contributed by atoms with van der Waals surface area (Å²) < 4.78 is 15.5. The highest BCUT2D eigenvalue weighted by Gasteiger charge is 2.33. The van der Waals surface area contributed by atoms with Crippen molar-refractivity contribution in [2.24, 2.45) is 5.92 Å². The van der Waals surface area contributed by atoms with Crippen LogP contribution in [0.4, 0.5) is 0 Å². The summed E-state index contributed by atoms with van der Waals surface area (Å²) in [6.07, 6.45) is 0. The minimum Gasteiger partial charge on any atom is -0.382 e. The maximum Gasteiger partial charge on any atom is 0.245 e. The minimum absolute atomic E-state index is 0.0375. The van der Waals surface area contributed by atoms with E-state index >= 15 is 0 Å². The van der Waals surface area contributed by atoms with Gasteiger partial charge in [-0.1, -0.05) is 13.8 Å². The summed E-state index contributed by atoms with van der Waals surface area (Å²) in [7, 11) is 1.62. The Kier molecular flexibility index (Phi) is 8.26. The number of carbonyl (C=O) groups excluding carboxylic acids is 2. The van der Waals surface area contributed by atoms with Crippen LogP contribution < -0.4 is 5.32 Å². The number of rotatable bonds is 10. The summed E-state index contributed by atoms with van der Waals surface area (Å²) in [6.45, 7) is 6.83. The highest BCUT2D eigenvalue weighted by atomic mass is 16.5. The highest BCUT2D eigenvalue weighted by molar-refractivity contribution is 5.94. The molecule has 1 saturated heterocycles. The van der Waals surface area contributed by atoms with Crippen molar-refractivity contribution >= 4 is 11.8 Å². The topological polar surface area (TPSA) is 77.1 Å². The summed E-state index contributed by atoms with van der Waals surface area (Å²) in [5, 5.41) is 2.72. The van der Waals surface area contributed by atoms with Gasteiger partial charge in [-0.15, -0.1) is 0 Å². The molecule has 21 heavy (non-hydrogen) atoms. The first-order valence-corrected chi connectivity index (χ1v) is 7.28. The van der Waals surface area contributed by atoms with Crippen molar-refractivity contribution in [1.29, 1.82) is 0 Å². The van der Waals surface area contributed by atoms with Gasteiger partial charge in [-0.3, -0.25) is 9.59 Å². The van der Waals surface area contributed by atoms with Crippen LogP contribution in [0.25, 0.3) is 0 Å². The molecule has 7 nitrogen and oxygen atoms in total. The lowest BCUT2D eigenvalue weighted by atomic mass is 10.0. The maximum atomic E-state index is 12.2. The molecular weight excluding hydrogens is 276 g/mol. The van der Waals surface area contributed by atoms with Gasteiger partial charge >= 0.3 is 0 Å². The highest BCUT2D eigenvalue weighted by Crippen LogP contribution is 2.10. The van der Waals surface area contributed by atoms with Crippen LogP contribution in [-0.2, 0) is 23.8 Å². The van der Waals surface area contributed by atoms with Crippen LogP contribution in [0.1, 0.15) is 13.8 Å². The Morgan fingerprint density at radius 1 is 1.14 bits per heavy atom. The molecule has 2 amide bonds. The molecule has 1 N–H and O–H groups in total. The second-order valence-corrected chi connectivity index (χ2v) is 5.27. The van der Waals surface area contributed by atoms with E-state index in [1.165, 1.54) is 0 Å². The second-order valence-electron chi connectivity index (χ2n) is 5.27. The van der Waals surface area contributed by atoms with Gasteiger partial charge in [-0.2, -0.15) is 0 Å². The van der Waals surface area contributed by atoms with Gasteiger partial charge in [0, 0.05) is 13.7 Å². The number of nitrogens with one attached hydrogen (secondary N) is 1. The lowest BCUT2D eigenvalue weighted by molar-refractivity contribution is -0.146. The van der Waals surface area contributed by atoms with E-state index in [1.807, 2.05) is 13.8 Å². The van der Waals surface area contributed by atoms with E-state index in [9.17, 15) is 9.59 Å². The van der Waals surface area contributed by atoms with Crippen LogP contribution in [-0.4, -0.2) is 76.0 Å². The van der Waals surface area contributed by atoms with Gasteiger partial charge in [0.1, 0.15) is 6.04 Å². The summed E-state index contributed by atoms with van der Waals surface area (Å²) >= 11 is 0. The van der Waals surface area contributed by atoms with Crippen molar-refractivity contribution in [2.45, 2.75) is 19.9 Å². The quantitative estimate of drug-likeness (QED) is 0.558. The van der Waals surface area contributed by atoms with Crippen LogP contribution in [0, 0.1) is 5.92 Å². The van der Waals surface area contributed by atoms with E-state index in [-0.39, 0.29) is 24.3 Å². The molecular formula is C14H26N2O5. The van der Waals surface area contributed by atoms with E-state index in [0.29, 0.717) is 39.6 Å². The van der Waals surface area contributed by atoms with E-state index in [4.69, 9.17) is 14.2 Å². The zero-order valence-electron chi connectivity index (χ0n) is 13.1. The Bertz CT molecular complexity index is 335. The Labute approximate surface area is 125 Å². The molecule has 0 radical (unpaired) electrons. The van der Waals surface area contributed by atoms with E-state index in [2.05, 4.69) is 5.32 Å². The molecule has 0 aromatic carbocycles. The molecule has 1 aliphatic rings. The third kappa shape index (κ3) is 6.41. The number of carbonyl (C=O) groups is 2. The van der Waals surface area contributed by atoms with Crippen molar-refractivity contribution in [1.82, 2.24) is 10.2 Å². The minimum atomic E-state index is -0.427. The molecule has 0 spiro atoms. The van der Waals surface area contributed by atoms with Crippen molar-refractivity contribution < 1.29 is 23.8 Å². The molecule has 0 aromatic rings. The Morgan fingerprint density at radius 2 is 1.76 bits per heavy atom. The van der Waals surface area contributed by atoms with Crippen LogP contribution in [0.3, 0.4) is 0 Å². The maximum absolute atomic E-state index is 12.2. The third-order valence-corrected chi connectivity index (χ3v) is 3.20. The predicted octanol–water partition coefficient (Wildman–Crippen LogP) is -0.351. The van der Waals surface area contributed by atoms with Crippen molar-refractivity contribution in [3.63, 3.8) is 0 Å². The van der Waals surface area contributed by atoms with Gasteiger partial charge in [0.15, 0.2) is 0 Å². The first-order valence-electron chi connectivity index (χ1n) is 7.28. The number of methoxy groups -OCH3 is 1. The fourth-order valence-corrected chi connectivity index (χ4v) is 2.01. The van der Waals surface area contributed by atoms with Crippen LogP contribution >= 0.6 is 0 Å². The number of nitrogens with zero attached hydrogens (tertiary/aromatic N) is 1. The monoisotopic (exact) mass is 302 g/mol. The Morgan fingerprint density at radius 3 is 2.38 bits per heavy atom. The number of piperazine rings is 1. The van der Waals surface area contributed by atoms with Crippen molar-refractivity contribution in [3.8, 4) is 0 Å². The standard InChI is InChI=1S/C14H26N2O5/c1-11(2)13-14(18)16(10-12(17)15-13)4-5-20-8-9-21-7-6-19-3/h11,13H,4-10H2,1-3H3,(H,15,17). The van der Waals surface area contributed by atoms with Gasteiger partial charge in [0.2, 0.25) is 11.8 Å². The summed E-state index contributed by atoms with van der Waals surface area (Å²) in [4.78, 5) is 25.3. The van der Waals surface area contributed by atoms with Gasteiger partial charge in [-0.25, -0.2) is 0 Å². The second kappa shape index (κ2) is 9.70. The molecule has 122 valence electrons. The largest absolute Gasteiger partial charge is 0.382 e. The molecule has 0 aromatic heterocycles. The molecule has 1 heterocycles. The zero-order chi connectivity index (χ0) is 15.7. The fraction of sp³-hybridized carbons (Fsp3) is 0.857. The number of hydrogen-bond acceptors (Lipinski definition) is 5. The van der Waals surface area contributed by atoms with E-state index in [1.54, 1.807) is 12.0 Å². The predicted molar refractivity (Wildman–Crippen MR) is 76.9 cm³/mol. The lowest BCUT2D eigenvalue weighted by Gasteiger charge is -2.34. The fourth-order valence-electron chi connectivity index (χ4n) is 2.01. The van der Waals surface area contributed by atoms with Crippen LogP contribution in [0.15, 0.2) is 0 Å².